The van der Waals surface area contributed by atoms with Crippen LogP contribution in [0.2, 0.25) is 0 Å². The van der Waals surface area contributed by atoms with Crippen molar-refractivity contribution in [2.45, 2.75) is 33.3 Å². The van der Waals surface area contributed by atoms with E-state index in [2.05, 4.69) is 4.84 Å². The Morgan fingerprint density at radius 1 is 1.42 bits per heavy atom. The zero-order chi connectivity index (χ0) is 9.56. The van der Waals surface area contributed by atoms with Crippen LogP contribution in [0, 0.1) is 5.92 Å². The van der Waals surface area contributed by atoms with E-state index in [1.54, 1.807) is 6.92 Å². The van der Waals surface area contributed by atoms with E-state index in [1.165, 1.54) is 0 Å². The Hall–Kier alpha value is -0.610. The lowest BCUT2D eigenvalue weighted by Crippen LogP contribution is -2.20. The fraction of sp³-hybridized carbons (Fsp3) is 0.875. The van der Waals surface area contributed by atoms with Gasteiger partial charge in [0.25, 0.3) is 0 Å². The van der Waals surface area contributed by atoms with Crippen molar-refractivity contribution in [2.75, 3.05) is 6.61 Å². The Bertz CT molecular complexity index is 136. The molecule has 0 aromatic heterocycles. The molecule has 1 atom stereocenters. The zero-order valence-electron chi connectivity index (χ0n) is 7.87. The average molecular weight is 175 g/mol. The van der Waals surface area contributed by atoms with E-state index >= 15 is 0 Å². The van der Waals surface area contributed by atoms with Gasteiger partial charge in [0, 0.05) is 0 Å². The van der Waals surface area contributed by atoms with E-state index in [0.717, 1.165) is 0 Å². The fourth-order valence-electron chi connectivity index (χ4n) is 0.711. The van der Waals surface area contributed by atoms with E-state index < -0.39 is 0 Å². The van der Waals surface area contributed by atoms with Crippen LogP contribution in [-0.2, 0) is 14.4 Å². The van der Waals surface area contributed by atoms with Crippen LogP contribution in [0.1, 0.15) is 27.2 Å². The highest BCUT2D eigenvalue weighted by Gasteiger charge is 2.14. The van der Waals surface area contributed by atoms with Gasteiger partial charge in [-0.25, -0.2) is 5.90 Å². The maximum Gasteiger partial charge on any atom is 0.308 e. The van der Waals surface area contributed by atoms with Gasteiger partial charge >= 0.3 is 5.97 Å². The predicted octanol–water partition coefficient (Wildman–Crippen LogP) is 0.855. The first-order chi connectivity index (χ1) is 5.57. The largest absolute Gasteiger partial charge is 0.463 e. The lowest BCUT2D eigenvalue weighted by molar-refractivity contribution is -0.152. The molecule has 0 spiro atoms. The summed E-state index contributed by atoms with van der Waals surface area (Å²) in [6, 6.07) is 0. The second kappa shape index (κ2) is 5.97. The topological polar surface area (TPSA) is 61.5 Å². The Morgan fingerprint density at radius 3 is 2.42 bits per heavy atom. The second-order valence-corrected chi connectivity index (χ2v) is 3.05. The van der Waals surface area contributed by atoms with E-state index in [9.17, 15) is 4.79 Å². The molecule has 0 bridgehead atoms. The normalized spacial score (nSPS) is 13.1. The Morgan fingerprint density at radius 2 is 2.00 bits per heavy atom. The standard InChI is InChI=1S/C8H17NO3/c1-6(2)12-8(10)7(3)4-5-11-9/h6-7H,4-5,9H2,1-3H3/t7-/m0/s1. The number of hydrogen-bond acceptors (Lipinski definition) is 4. The van der Waals surface area contributed by atoms with Crippen LogP contribution < -0.4 is 5.90 Å². The van der Waals surface area contributed by atoms with E-state index in [-0.39, 0.29) is 18.0 Å². The molecule has 0 aliphatic carbocycles. The number of nitrogens with two attached hydrogens (primary N) is 1. The number of esters is 1. The van der Waals surface area contributed by atoms with Gasteiger partial charge in [-0.3, -0.25) is 4.79 Å². The summed E-state index contributed by atoms with van der Waals surface area (Å²) in [5.74, 6) is 4.49. The summed E-state index contributed by atoms with van der Waals surface area (Å²) in [5.41, 5.74) is 0. The SMILES string of the molecule is CC(C)OC(=O)[C@@H](C)CCON. The molecule has 4 nitrogen and oxygen atoms in total. The van der Waals surface area contributed by atoms with Gasteiger partial charge in [-0.15, -0.1) is 0 Å². The minimum Gasteiger partial charge on any atom is -0.463 e. The quantitative estimate of drug-likeness (QED) is 0.497. The van der Waals surface area contributed by atoms with Gasteiger partial charge in [0.05, 0.1) is 18.6 Å². The predicted molar refractivity (Wildman–Crippen MR) is 45.1 cm³/mol. The minimum absolute atomic E-state index is 0.0567. The minimum atomic E-state index is -0.193. The molecular formula is C8H17NO3. The van der Waals surface area contributed by atoms with Gasteiger partial charge in [0.2, 0.25) is 0 Å². The van der Waals surface area contributed by atoms with Gasteiger partial charge in [0.15, 0.2) is 0 Å². The van der Waals surface area contributed by atoms with E-state index in [4.69, 9.17) is 10.6 Å². The smallest absolute Gasteiger partial charge is 0.308 e. The third-order valence-electron chi connectivity index (χ3n) is 1.42. The molecule has 72 valence electrons. The van der Waals surface area contributed by atoms with Gasteiger partial charge in [-0.05, 0) is 20.3 Å². The molecule has 0 unspecified atom stereocenters. The summed E-state index contributed by atoms with van der Waals surface area (Å²) in [4.78, 5) is 15.5. The average Bonchev–Trinajstić information content (AvgIpc) is 1.98. The van der Waals surface area contributed by atoms with Gasteiger partial charge in [0.1, 0.15) is 0 Å². The maximum atomic E-state index is 11.1. The molecule has 12 heavy (non-hydrogen) atoms. The Kier molecular flexibility index (Phi) is 5.66. The van der Waals surface area contributed by atoms with E-state index in [1.807, 2.05) is 13.8 Å². The molecule has 0 heterocycles. The van der Waals surface area contributed by atoms with Crippen LogP contribution in [0.25, 0.3) is 0 Å². The lowest BCUT2D eigenvalue weighted by Gasteiger charge is -2.12. The fourth-order valence-corrected chi connectivity index (χ4v) is 0.711. The molecule has 0 saturated carbocycles. The van der Waals surface area contributed by atoms with Crippen LogP contribution in [0.5, 0.6) is 0 Å². The second-order valence-electron chi connectivity index (χ2n) is 3.05. The molecule has 0 aliphatic rings. The summed E-state index contributed by atoms with van der Waals surface area (Å²) < 4.78 is 4.97. The van der Waals surface area contributed by atoms with Crippen molar-refractivity contribution >= 4 is 5.97 Å². The summed E-state index contributed by atoms with van der Waals surface area (Å²) in [6.45, 7) is 5.83. The van der Waals surface area contributed by atoms with Crippen molar-refractivity contribution in [2.24, 2.45) is 11.8 Å². The number of rotatable bonds is 5. The third-order valence-corrected chi connectivity index (χ3v) is 1.42. The van der Waals surface area contributed by atoms with Crippen molar-refractivity contribution in [3.05, 3.63) is 0 Å². The first-order valence-electron chi connectivity index (χ1n) is 4.10. The first kappa shape index (κ1) is 11.4. The van der Waals surface area contributed by atoms with Crippen LogP contribution >= 0.6 is 0 Å². The van der Waals surface area contributed by atoms with E-state index in [0.29, 0.717) is 13.0 Å². The van der Waals surface area contributed by atoms with Crippen molar-refractivity contribution in [1.29, 1.82) is 0 Å². The van der Waals surface area contributed by atoms with Gasteiger partial charge in [-0.1, -0.05) is 6.92 Å². The Labute approximate surface area is 73.0 Å². The van der Waals surface area contributed by atoms with Gasteiger partial charge in [-0.2, -0.15) is 0 Å². The van der Waals surface area contributed by atoms with Crippen LogP contribution in [0.3, 0.4) is 0 Å². The molecule has 4 heteroatoms. The number of hydrogen-bond donors (Lipinski definition) is 1. The summed E-state index contributed by atoms with van der Waals surface area (Å²) in [6.07, 6.45) is 0.543. The number of ether oxygens (including phenoxy) is 1. The third kappa shape index (κ3) is 5.09. The maximum absolute atomic E-state index is 11.1. The van der Waals surface area contributed by atoms with Crippen molar-refractivity contribution in [3.8, 4) is 0 Å². The number of carbonyl (C=O) groups is 1. The zero-order valence-corrected chi connectivity index (χ0v) is 7.87. The Balaban J connectivity index is 3.61. The highest BCUT2D eigenvalue weighted by atomic mass is 16.6. The molecule has 0 amide bonds. The molecule has 2 N–H and O–H groups in total. The summed E-state index contributed by atoms with van der Waals surface area (Å²) in [7, 11) is 0. The molecule has 0 aromatic carbocycles. The lowest BCUT2D eigenvalue weighted by atomic mass is 10.1. The first-order valence-corrected chi connectivity index (χ1v) is 4.10. The summed E-state index contributed by atoms with van der Waals surface area (Å²) in [5, 5.41) is 0. The highest BCUT2D eigenvalue weighted by molar-refractivity contribution is 5.72. The van der Waals surface area contributed by atoms with Crippen molar-refractivity contribution < 1.29 is 14.4 Å². The molecule has 0 aliphatic heterocycles. The van der Waals surface area contributed by atoms with Crippen LogP contribution in [0.15, 0.2) is 0 Å². The molecule has 0 aromatic rings. The van der Waals surface area contributed by atoms with Gasteiger partial charge < -0.3 is 9.57 Å². The highest BCUT2D eigenvalue weighted by Crippen LogP contribution is 2.05. The number of carbonyl (C=O) groups excluding carboxylic acids is 1. The van der Waals surface area contributed by atoms with Crippen molar-refractivity contribution in [3.63, 3.8) is 0 Å². The summed E-state index contributed by atoms with van der Waals surface area (Å²) >= 11 is 0. The molecular weight excluding hydrogens is 158 g/mol. The molecule has 0 saturated heterocycles. The monoisotopic (exact) mass is 175 g/mol. The molecule has 0 rings (SSSR count). The molecule has 0 fully saturated rings. The van der Waals surface area contributed by atoms with Crippen LogP contribution in [0.4, 0.5) is 0 Å². The van der Waals surface area contributed by atoms with Crippen molar-refractivity contribution in [1.82, 2.24) is 0 Å². The van der Waals surface area contributed by atoms with Crippen LogP contribution in [-0.4, -0.2) is 18.7 Å². The molecule has 0 radical (unpaired) electrons.